The zero-order valence-electron chi connectivity index (χ0n) is 15.2. The van der Waals surface area contributed by atoms with Gasteiger partial charge in [-0.2, -0.15) is 0 Å². The van der Waals surface area contributed by atoms with Gasteiger partial charge in [-0.05, 0) is 50.0 Å². The highest BCUT2D eigenvalue weighted by Gasteiger charge is 2.22. The highest BCUT2D eigenvalue weighted by atomic mass is 35.5. The third-order valence-corrected chi connectivity index (χ3v) is 4.33. The van der Waals surface area contributed by atoms with Crippen LogP contribution < -0.4 is 21.0 Å². The molecule has 9 nitrogen and oxygen atoms in total. The Morgan fingerprint density at radius 2 is 2.22 bits per heavy atom. The molecule has 1 aliphatic rings. The third kappa shape index (κ3) is 5.08. The van der Waals surface area contributed by atoms with Crippen LogP contribution in [0.15, 0.2) is 19.9 Å². The molecule has 0 spiro atoms. The van der Waals surface area contributed by atoms with Gasteiger partial charge in [-0.25, -0.2) is 9.42 Å². The zero-order chi connectivity index (χ0) is 18.5. The highest BCUT2D eigenvalue weighted by Crippen LogP contribution is 2.23. The number of ether oxygens (including phenoxy) is 1. The van der Waals surface area contributed by atoms with Gasteiger partial charge in [0.05, 0.1) is 6.54 Å². The van der Waals surface area contributed by atoms with Crippen LogP contribution in [0.5, 0.6) is 5.88 Å². The van der Waals surface area contributed by atoms with Crippen LogP contribution in [0.3, 0.4) is 0 Å². The first-order chi connectivity index (χ1) is 12.6. The summed E-state index contributed by atoms with van der Waals surface area (Å²) in [5.74, 6) is 0.595. The molecule has 0 aliphatic carbocycles. The Bertz CT molecular complexity index is 829. The van der Waals surface area contributed by atoms with Crippen molar-refractivity contribution in [1.82, 2.24) is 20.9 Å². The molecular weight excluding hydrogens is 376 g/mol. The second-order valence-electron chi connectivity index (χ2n) is 6.30. The summed E-state index contributed by atoms with van der Waals surface area (Å²) in [6, 6.07) is 1.79. The summed E-state index contributed by atoms with van der Waals surface area (Å²) in [5.41, 5.74) is 0.551. The fraction of sp³-hybridized carbons (Fsp3) is 0.529. The fourth-order valence-electron chi connectivity index (χ4n) is 2.96. The van der Waals surface area contributed by atoms with Crippen LogP contribution in [-0.2, 0) is 0 Å². The van der Waals surface area contributed by atoms with E-state index >= 15 is 0 Å². The SMILES string of the molecule is Cc1cc(C2CCCNC2)oc(=O)c1C(=O)NCCOc1nonc1C.Cl. The molecule has 0 bridgehead atoms. The number of halogens is 1. The Balaban J connectivity index is 0.00000261. The van der Waals surface area contributed by atoms with Gasteiger partial charge in [-0.3, -0.25) is 4.79 Å². The van der Waals surface area contributed by atoms with Gasteiger partial charge in [0.15, 0.2) is 0 Å². The number of piperidine rings is 1. The summed E-state index contributed by atoms with van der Waals surface area (Å²) in [7, 11) is 0. The molecule has 0 radical (unpaired) electrons. The van der Waals surface area contributed by atoms with Crippen molar-refractivity contribution in [1.29, 1.82) is 0 Å². The molecule has 2 N–H and O–H groups in total. The summed E-state index contributed by atoms with van der Waals surface area (Å²) in [5, 5.41) is 13.1. The number of nitrogens with one attached hydrogen (secondary N) is 2. The molecule has 3 rings (SSSR count). The number of carbonyl (C=O) groups is 1. The molecule has 27 heavy (non-hydrogen) atoms. The van der Waals surface area contributed by atoms with E-state index in [-0.39, 0.29) is 42.9 Å². The van der Waals surface area contributed by atoms with Crippen molar-refractivity contribution < 1.29 is 18.6 Å². The molecule has 0 saturated carbocycles. The Labute approximate surface area is 162 Å². The fourth-order valence-corrected chi connectivity index (χ4v) is 2.96. The van der Waals surface area contributed by atoms with Gasteiger partial charge in [0.25, 0.3) is 11.8 Å². The largest absolute Gasteiger partial charge is 0.472 e. The third-order valence-electron chi connectivity index (χ3n) is 4.33. The van der Waals surface area contributed by atoms with E-state index in [4.69, 9.17) is 9.15 Å². The quantitative estimate of drug-likeness (QED) is 0.699. The van der Waals surface area contributed by atoms with Crippen molar-refractivity contribution in [3.63, 3.8) is 0 Å². The normalized spacial score (nSPS) is 16.4. The van der Waals surface area contributed by atoms with Gasteiger partial charge in [0.1, 0.15) is 23.6 Å². The Hall–Kier alpha value is -2.39. The van der Waals surface area contributed by atoms with E-state index in [9.17, 15) is 9.59 Å². The van der Waals surface area contributed by atoms with Gasteiger partial charge in [0, 0.05) is 12.5 Å². The average Bonchev–Trinajstić information content (AvgIpc) is 3.04. The minimum absolute atomic E-state index is 0. The van der Waals surface area contributed by atoms with E-state index in [1.165, 1.54) is 0 Å². The maximum Gasteiger partial charge on any atom is 0.349 e. The molecule has 2 aromatic rings. The molecule has 1 fully saturated rings. The lowest BCUT2D eigenvalue weighted by Gasteiger charge is -2.22. The molecule has 1 aliphatic heterocycles. The molecule has 2 aromatic heterocycles. The number of nitrogens with zero attached hydrogens (tertiary/aromatic N) is 2. The van der Waals surface area contributed by atoms with Crippen LogP contribution in [0.4, 0.5) is 0 Å². The van der Waals surface area contributed by atoms with Crippen LogP contribution in [0, 0.1) is 13.8 Å². The number of amides is 1. The molecule has 3 heterocycles. The smallest absolute Gasteiger partial charge is 0.349 e. The first-order valence-electron chi connectivity index (χ1n) is 8.61. The van der Waals surface area contributed by atoms with Crippen molar-refractivity contribution in [2.45, 2.75) is 32.6 Å². The van der Waals surface area contributed by atoms with Crippen LogP contribution in [-0.4, -0.2) is 42.5 Å². The van der Waals surface area contributed by atoms with Crippen molar-refractivity contribution in [3.8, 4) is 5.88 Å². The number of hydrogen-bond acceptors (Lipinski definition) is 8. The summed E-state index contributed by atoms with van der Waals surface area (Å²) in [6.07, 6.45) is 2.00. The van der Waals surface area contributed by atoms with Gasteiger partial charge >= 0.3 is 5.63 Å². The molecule has 10 heteroatoms. The first-order valence-corrected chi connectivity index (χ1v) is 8.61. The zero-order valence-corrected chi connectivity index (χ0v) is 16.1. The van der Waals surface area contributed by atoms with Crippen molar-refractivity contribution in [2.24, 2.45) is 0 Å². The summed E-state index contributed by atoms with van der Waals surface area (Å²) >= 11 is 0. The number of aromatic nitrogens is 2. The number of aryl methyl sites for hydroxylation is 2. The first kappa shape index (κ1) is 20.9. The van der Waals surface area contributed by atoms with Gasteiger partial charge in [0.2, 0.25) is 0 Å². The van der Waals surface area contributed by atoms with Crippen molar-refractivity contribution in [2.75, 3.05) is 26.2 Å². The number of carbonyl (C=O) groups excluding carboxylic acids is 1. The van der Waals surface area contributed by atoms with E-state index in [1.807, 2.05) is 0 Å². The van der Waals surface area contributed by atoms with Crippen LogP contribution >= 0.6 is 12.4 Å². The monoisotopic (exact) mass is 398 g/mol. The lowest BCUT2D eigenvalue weighted by Crippen LogP contribution is -2.33. The molecule has 1 amide bonds. The standard InChI is InChI=1S/C17H22N4O5.ClH/c1-10-8-13(12-4-3-5-18-9-12)25-17(23)14(10)15(22)19-6-7-24-16-11(2)20-26-21-16;/h8,12,18H,3-7,9H2,1-2H3,(H,19,22);1H. The van der Waals surface area contributed by atoms with Crippen molar-refractivity contribution >= 4 is 18.3 Å². The molecule has 1 saturated heterocycles. The van der Waals surface area contributed by atoms with E-state index in [0.29, 0.717) is 17.0 Å². The lowest BCUT2D eigenvalue weighted by molar-refractivity contribution is 0.0941. The minimum Gasteiger partial charge on any atom is -0.472 e. The minimum atomic E-state index is -0.611. The molecule has 1 unspecified atom stereocenters. The highest BCUT2D eigenvalue weighted by molar-refractivity contribution is 5.95. The van der Waals surface area contributed by atoms with Crippen LogP contribution in [0.1, 0.15) is 46.1 Å². The maximum absolute atomic E-state index is 12.3. The molecule has 1 atom stereocenters. The van der Waals surface area contributed by atoms with Crippen LogP contribution in [0.25, 0.3) is 0 Å². The topological polar surface area (TPSA) is 119 Å². The maximum atomic E-state index is 12.3. The van der Waals surface area contributed by atoms with Gasteiger partial charge in [-0.15, -0.1) is 12.4 Å². The lowest BCUT2D eigenvalue weighted by atomic mass is 9.95. The second-order valence-corrected chi connectivity index (χ2v) is 6.30. The van der Waals surface area contributed by atoms with E-state index in [1.54, 1.807) is 19.9 Å². The predicted molar refractivity (Wildman–Crippen MR) is 98.7 cm³/mol. The summed E-state index contributed by atoms with van der Waals surface area (Å²) in [6.45, 7) is 5.58. The van der Waals surface area contributed by atoms with E-state index in [0.717, 1.165) is 25.9 Å². The number of rotatable bonds is 6. The van der Waals surface area contributed by atoms with E-state index in [2.05, 4.69) is 25.6 Å². The van der Waals surface area contributed by atoms with Crippen LogP contribution in [0.2, 0.25) is 0 Å². The summed E-state index contributed by atoms with van der Waals surface area (Å²) < 4.78 is 15.3. The Morgan fingerprint density at radius 3 is 2.85 bits per heavy atom. The average molecular weight is 399 g/mol. The molecular formula is C17H23ClN4O5. The number of hydrogen-bond donors (Lipinski definition) is 2. The van der Waals surface area contributed by atoms with Gasteiger partial charge < -0.3 is 19.8 Å². The Morgan fingerprint density at radius 1 is 1.41 bits per heavy atom. The van der Waals surface area contributed by atoms with Gasteiger partial charge in [-0.1, -0.05) is 5.16 Å². The van der Waals surface area contributed by atoms with Crippen molar-refractivity contribution in [3.05, 3.63) is 39.1 Å². The van der Waals surface area contributed by atoms with E-state index < -0.39 is 11.5 Å². The Kier molecular flexibility index (Phi) is 7.37. The molecule has 148 valence electrons. The predicted octanol–water partition coefficient (Wildman–Crippen LogP) is 1.34. The molecule has 0 aromatic carbocycles. The summed E-state index contributed by atoms with van der Waals surface area (Å²) in [4.78, 5) is 24.6. The second kappa shape index (κ2) is 9.52.